The number of benzene rings is 3. The van der Waals surface area contributed by atoms with Gasteiger partial charge in [-0.25, -0.2) is 43.1 Å². The number of aliphatic hydroxyl groups is 2. The average molecular weight is 1410 g/mol. The van der Waals surface area contributed by atoms with Gasteiger partial charge in [0.25, 0.3) is 17.7 Å². The predicted molar refractivity (Wildman–Crippen MR) is 381 cm³/mol. The fraction of sp³-hybridized carbons (Fsp3) is 0.227. The van der Waals surface area contributed by atoms with Crippen LogP contribution >= 0.6 is 0 Å². The van der Waals surface area contributed by atoms with Gasteiger partial charge in [0.05, 0.1) is 138 Å². The van der Waals surface area contributed by atoms with Gasteiger partial charge in [0.15, 0.2) is 0 Å². The molecule has 3 atom stereocenters. The summed E-state index contributed by atoms with van der Waals surface area (Å²) in [6.07, 6.45) is 14.9. The first-order chi connectivity index (χ1) is 50.6. The molecule has 3 aromatic carbocycles. The number of likely N-dealkylation sites (N-methyl/N-ethyl adjacent to an activating group) is 1. The van der Waals surface area contributed by atoms with E-state index < -0.39 is 12.2 Å². The summed E-state index contributed by atoms with van der Waals surface area (Å²) in [6.45, 7) is 6.00. The lowest BCUT2D eigenvalue weighted by atomic mass is 9.98. The van der Waals surface area contributed by atoms with Crippen LogP contribution in [0.5, 0.6) is 0 Å². The molecule has 0 saturated carbocycles. The number of pyridine rings is 6. The number of hydrogen-bond acceptors (Lipinski definition) is 19. The van der Waals surface area contributed by atoms with Gasteiger partial charge in [-0.3, -0.25) is 32.4 Å². The van der Waals surface area contributed by atoms with E-state index in [2.05, 4.69) is 61.8 Å². The summed E-state index contributed by atoms with van der Waals surface area (Å²) in [6, 6.07) is 30.9. The molecule has 12 aromatic rings. The van der Waals surface area contributed by atoms with Crippen molar-refractivity contribution in [2.24, 2.45) is 0 Å². The quantitative estimate of drug-likeness (QED) is 0.0566. The minimum absolute atomic E-state index is 0.114. The molecule has 0 radical (unpaired) electrons. The normalized spacial score (nSPS) is 17.7. The minimum atomic E-state index is -0.540. The Morgan fingerprint density at radius 2 is 0.846 bits per heavy atom. The van der Waals surface area contributed by atoms with Crippen LogP contribution < -0.4 is 41.7 Å². The standard InChI is InChI=1S/2C25H23FN6O3.C25H21FN6O2/c2*26-15-5-6-32-21(12-28-23(32)9-15)18-2-3-20(24-19(18)11-29-25(24)34)30-22-4-1-16(10-27-22)31-7-8-35-14-17(33)13-31;1-31-8-7-16(25(31)34)14-2-5-21(27-11-14)30-19-4-3-17(18-12-29-24(33)23(18)19)20-13-28-22-10-15(26)6-9-32(20)22/h2*1-6,9-10,12,17,33H,7-8,11,13-14H2,(H,27,30)(H,29,34);2-6,9-11,13,16H,7-8,12H2,1H3,(H,27,30)(H,29,33)/t2*17-;/m10./s1. The van der Waals surface area contributed by atoms with Crippen molar-refractivity contribution in [1.29, 1.82) is 0 Å². The van der Waals surface area contributed by atoms with Crippen LogP contribution in [-0.2, 0) is 33.9 Å². The number of carbonyl (C=O) groups is 4. The molecule has 6 aliphatic heterocycles. The number of amides is 4. The molecular weight excluding hydrogens is 1340 g/mol. The first kappa shape index (κ1) is 66.3. The molecule has 3 saturated heterocycles. The summed E-state index contributed by atoms with van der Waals surface area (Å²) >= 11 is 0. The number of fused-ring (bicyclic) bond motifs is 6. The molecule has 8 N–H and O–H groups in total. The molecule has 104 heavy (non-hydrogen) atoms. The Morgan fingerprint density at radius 1 is 0.462 bits per heavy atom. The summed E-state index contributed by atoms with van der Waals surface area (Å²) in [5.41, 5.74) is 15.2. The molecule has 6 aliphatic rings. The second-order valence-electron chi connectivity index (χ2n) is 25.8. The topological polar surface area (TPSA) is 300 Å². The highest BCUT2D eigenvalue weighted by Gasteiger charge is 2.33. The van der Waals surface area contributed by atoms with E-state index in [4.69, 9.17) is 9.47 Å². The fourth-order valence-corrected chi connectivity index (χ4v) is 14.1. The Hall–Kier alpha value is -12.3. The number of β-amino-alcohol motifs (C(OH)–C–C–N with tert-alkyl or cyclic N) is 2. The van der Waals surface area contributed by atoms with Crippen LogP contribution in [0, 0.1) is 17.5 Å². The number of likely N-dealkylation sites (tertiary alicyclic amines) is 1. The predicted octanol–water partition coefficient (Wildman–Crippen LogP) is 8.91. The SMILES string of the molecule is CN1CCC(c2ccc(Nc3ccc(-c4cnc5cc(F)ccn45)c4c3C(=O)NC4)nc2)C1=O.O=C1NCc2c(-c3cnc4cc(F)ccn34)ccc(Nc3ccc(N4CCOC[C@@H](O)C4)cn3)c21.O=C1NCc2c(-c3cnc4cc(F)ccn34)ccc(Nc3ccc(N4CCOC[C@H](O)C4)cn3)c21. The number of rotatable bonds is 12. The number of anilines is 8. The van der Waals surface area contributed by atoms with Gasteiger partial charge in [0.2, 0.25) is 5.91 Å². The molecule has 29 heteroatoms. The number of imidazole rings is 3. The number of hydrogen-bond donors (Lipinski definition) is 8. The number of carbonyl (C=O) groups excluding carboxylic acids is 4. The van der Waals surface area contributed by atoms with Crippen molar-refractivity contribution < 1.29 is 52.0 Å². The Balaban J connectivity index is 0.000000120. The van der Waals surface area contributed by atoms with E-state index in [9.17, 15) is 42.6 Å². The molecule has 1 unspecified atom stereocenters. The summed E-state index contributed by atoms with van der Waals surface area (Å²) in [5, 5.41) is 38.5. The molecule has 9 aromatic heterocycles. The average Bonchev–Trinajstić information content (AvgIpc) is 1.60. The van der Waals surface area contributed by atoms with Crippen LogP contribution in [0.2, 0.25) is 0 Å². The number of halogens is 3. The van der Waals surface area contributed by atoms with Crippen molar-refractivity contribution in [3.8, 4) is 33.8 Å². The van der Waals surface area contributed by atoms with Crippen LogP contribution in [0.15, 0.2) is 165 Å². The molecule has 4 amide bonds. The number of aromatic nitrogens is 9. The van der Waals surface area contributed by atoms with Crippen molar-refractivity contribution in [3.63, 3.8) is 0 Å². The Labute approximate surface area is 591 Å². The Morgan fingerprint density at radius 3 is 1.19 bits per heavy atom. The van der Waals surface area contributed by atoms with Crippen molar-refractivity contribution in [1.82, 2.24) is 64.0 Å². The summed E-state index contributed by atoms with van der Waals surface area (Å²) < 4.78 is 57.0. The third kappa shape index (κ3) is 13.0. The molecule has 26 nitrogen and oxygen atoms in total. The third-order valence-corrected chi connectivity index (χ3v) is 19.3. The highest BCUT2D eigenvalue weighted by atomic mass is 19.1. The van der Waals surface area contributed by atoms with Crippen LogP contribution in [0.1, 0.15) is 65.7 Å². The van der Waals surface area contributed by atoms with Crippen molar-refractivity contribution in [2.75, 3.05) is 91.9 Å². The van der Waals surface area contributed by atoms with Crippen LogP contribution in [0.25, 0.3) is 50.7 Å². The maximum atomic E-state index is 13.6. The smallest absolute Gasteiger partial charge is 0.254 e. The van der Waals surface area contributed by atoms with E-state index in [1.807, 2.05) is 89.6 Å². The monoisotopic (exact) mass is 1400 g/mol. The lowest BCUT2D eigenvalue weighted by molar-refractivity contribution is -0.127. The minimum Gasteiger partial charge on any atom is -0.389 e. The molecule has 0 aliphatic carbocycles. The van der Waals surface area contributed by atoms with E-state index in [0.29, 0.717) is 140 Å². The summed E-state index contributed by atoms with van der Waals surface area (Å²) in [7, 11) is 1.81. The van der Waals surface area contributed by atoms with Crippen molar-refractivity contribution in [2.45, 2.75) is 44.2 Å². The lowest BCUT2D eigenvalue weighted by Crippen LogP contribution is -2.32. The number of ether oxygens (including phenoxy) is 2. The second kappa shape index (κ2) is 27.9. The van der Waals surface area contributed by atoms with Gasteiger partial charge in [-0.05, 0) is 95.4 Å². The zero-order valence-corrected chi connectivity index (χ0v) is 55.9. The van der Waals surface area contributed by atoms with Gasteiger partial charge in [-0.15, -0.1) is 0 Å². The number of nitrogens with one attached hydrogen (secondary N) is 6. The third-order valence-electron chi connectivity index (χ3n) is 19.3. The molecule has 18 rings (SSSR count). The Kier molecular flexibility index (Phi) is 17.8. The van der Waals surface area contributed by atoms with Crippen molar-refractivity contribution >= 4 is 86.5 Å². The highest BCUT2D eigenvalue weighted by molar-refractivity contribution is 6.08. The summed E-state index contributed by atoms with van der Waals surface area (Å²) in [5.74, 6) is 0.180. The highest BCUT2D eigenvalue weighted by Crippen LogP contribution is 2.40. The Bertz CT molecular complexity index is 5130. The van der Waals surface area contributed by atoms with E-state index in [1.54, 1.807) is 73.9 Å². The maximum Gasteiger partial charge on any atom is 0.254 e. The number of aliphatic hydroxyl groups excluding tert-OH is 2. The molecule has 15 heterocycles. The number of nitrogens with zero attached hydrogens (tertiary/aromatic N) is 12. The summed E-state index contributed by atoms with van der Waals surface area (Å²) in [4.78, 5) is 82.8. The van der Waals surface area contributed by atoms with E-state index in [-0.39, 0.29) is 47.0 Å². The molecule has 0 bridgehead atoms. The lowest BCUT2D eigenvalue weighted by Gasteiger charge is -2.23. The first-order valence-corrected chi connectivity index (χ1v) is 33.8. The van der Waals surface area contributed by atoms with E-state index in [1.165, 1.54) is 36.4 Å². The molecule has 526 valence electrons. The first-order valence-electron chi connectivity index (χ1n) is 33.8. The van der Waals surface area contributed by atoms with Crippen LogP contribution in [-0.4, -0.2) is 160 Å². The van der Waals surface area contributed by atoms with E-state index in [0.717, 1.165) is 80.4 Å². The second-order valence-corrected chi connectivity index (χ2v) is 25.8. The van der Waals surface area contributed by atoms with Gasteiger partial charge in [0, 0.05) is 119 Å². The maximum absolute atomic E-state index is 13.6. The van der Waals surface area contributed by atoms with Crippen LogP contribution in [0.4, 0.5) is 59.1 Å². The van der Waals surface area contributed by atoms with Gasteiger partial charge >= 0.3 is 0 Å². The fourth-order valence-electron chi connectivity index (χ4n) is 14.1. The van der Waals surface area contributed by atoms with Gasteiger partial charge < -0.3 is 66.3 Å². The zero-order chi connectivity index (χ0) is 71.3. The molecule has 3 fully saturated rings. The zero-order valence-electron chi connectivity index (χ0n) is 55.9. The van der Waals surface area contributed by atoms with Crippen LogP contribution in [0.3, 0.4) is 0 Å². The van der Waals surface area contributed by atoms with E-state index >= 15 is 0 Å². The molecule has 0 spiro atoms. The van der Waals surface area contributed by atoms with Gasteiger partial charge in [-0.1, -0.05) is 24.3 Å². The van der Waals surface area contributed by atoms with Crippen molar-refractivity contribution in [3.05, 3.63) is 221 Å². The largest absolute Gasteiger partial charge is 0.389 e. The molecular formula is C75H67F3N18O8. The van der Waals surface area contributed by atoms with Gasteiger partial charge in [0.1, 0.15) is 51.8 Å². The van der Waals surface area contributed by atoms with Gasteiger partial charge in [-0.2, -0.15) is 0 Å².